The van der Waals surface area contributed by atoms with Crippen molar-refractivity contribution in [2.45, 2.75) is 32.1 Å². The van der Waals surface area contributed by atoms with E-state index in [-0.39, 0.29) is 11.6 Å². The van der Waals surface area contributed by atoms with E-state index in [4.69, 9.17) is 0 Å². The second-order valence-electron chi connectivity index (χ2n) is 4.01. The van der Waals surface area contributed by atoms with Gasteiger partial charge in [0.2, 0.25) is 0 Å². The zero-order chi connectivity index (χ0) is 10.1. The van der Waals surface area contributed by atoms with Crippen molar-refractivity contribution in [3.63, 3.8) is 0 Å². The first-order valence-corrected chi connectivity index (χ1v) is 4.94. The maximum Gasteiger partial charge on any atom is 0.134 e. The molecule has 2 heteroatoms. The Hall–Kier alpha value is -1.18. The minimum atomic E-state index is -0.147. The fourth-order valence-electron chi connectivity index (χ4n) is 1.69. The fourth-order valence-corrected chi connectivity index (χ4v) is 1.69. The van der Waals surface area contributed by atoms with Crippen LogP contribution in [0.3, 0.4) is 0 Å². The van der Waals surface area contributed by atoms with E-state index < -0.39 is 0 Å². The van der Waals surface area contributed by atoms with Gasteiger partial charge in [-0.25, -0.2) is 4.39 Å². The minimum absolute atomic E-state index is 0.0728. The lowest BCUT2D eigenvalue weighted by atomic mass is 10.0. The first kappa shape index (κ1) is 9.38. The number of benzene rings is 1. The van der Waals surface area contributed by atoms with Gasteiger partial charge in [-0.3, -0.25) is 4.79 Å². The summed E-state index contributed by atoms with van der Waals surface area (Å²) in [5.74, 6) is 0.358. The van der Waals surface area contributed by atoms with Gasteiger partial charge in [-0.1, -0.05) is 12.1 Å². The number of halogens is 1. The molecule has 0 N–H and O–H groups in total. The first-order chi connectivity index (χ1) is 6.66. The van der Waals surface area contributed by atoms with Gasteiger partial charge in [0, 0.05) is 6.42 Å². The lowest BCUT2D eigenvalue weighted by Gasteiger charge is -2.03. The predicted molar refractivity (Wildman–Crippen MR) is 52.8 cm³/mol. The summed E-state index contributed by atoms with van der Waals surface area (Å²) in [6, 6.07) is 5.18. The molecule has 1 saturated carbocycles. The Morgan fingerprint density at radius 3 is 2.71 bits per heavy atom. The van der Waals surface area contributed by atoms with Crippen molar-refractivity contribution >= 4 is 5.78 Å². The molecule has 74 valence electrons. The summed E-state index contributed by atoms with van der Waals surface area (Å²) in [5, 5.41) is 0. The van der Waals surface area contributed by atoms with E-state index in [2.05, 4.69) is 0 Å². The van der Waals surface area contributed by atoms with Gasteiger partial charge in [-0.05, 0) is 42.9 Å². The highest BCUT2D eigenvalue weighted by Crippen LogP contribution is 2.41. The molecule has 0 aliphatic heterocycles. The zero-order valence-electron chi connectivity index (χ0n) is 8.22. The Bertz CT molecular complexity index is 367. The molecule has 0 heterocycles. The molecule has 1 aliphatic rings. The molecule has 0 unspecified atom stereocenters. The quantitative estimate of drug-likeness (QED) is 0.719. The molecule has 0 saturated heterocycles. The van der Waals surface area contributed by atoms with Gasteiger partial charge < -0.3 is 0 Å². The van der Waals surface area contributed by atoms with E-state index in [1.54, 1.807) is 0 Å². The monoisotopic (exact) mass is 192 g/mol. The van der Waals surface area contributed by atoms with Crippen LogP contribution in [-0.4, -0.2) is 5.78 Å². The standard InChI is InChI=1S/C12H13FO/c1-8(14)6-9-2-5-11(10-3-4-10)12(13)7-9/h2,5,7,10H,3-4,6H2,1H3. The van der Waals surface area contributed by atoms with E-state index in [0.717, 1.165) is 24.0 Å². The molecule has 0 aromatic heterocycles. The topological polar surface area (TPSA) is 17.1 Å². The van der Waals surface area contributed by atoms with Crippen molar-refractivity contribution in [3.05, 3.63) is 35.1 Å². The summed E-state index contributed by atoms with van der Waals surface area (Å²) in [6.07, 6.45) is 2.54. The van der Waals surface area contributed by atoms with Crippen LogP contribution in [0.25, 0.3) is 0 Å². The summed E-state index contributed by atoms with van der Waals surface area (Å²) < 4.78 is 13.5. The third-order valence-corrected chi connectivity index (χ3v) is 2.54. The normalized spacial score (nSPS) is 15.6. The highest BCUT2D eigenvalue weighted by atomic mass is 19.1. The number of carbonyl (C=O) groups is 1. The minimum Gasteiger partial charge on any atom is -0.300 e. The molecule has 0 amide bonds. The van der Waals surface area contributed by atoms with Crippen molar-refractivity contribution in [2.75, 3.05) is 0 Å². The van der Waals surface area contributed by atoms with Gasteiger partial charge in [-0.2, -0.15) is 0 Å². The van der Waals surface area contributed by atoms with Gasteiger partial charge in [0.05, 0.1) is 0 Å². The summed E-state index contributed by atoms with van der Waals surface area (Å²) in [5.41, 5.74) is 1.59. The maximum atomic E-state index is 13.5. The van der Waals surface area contributed by atoms with Crippen LogP contribution in [0.1, 0.15) is 36.8 Å². The van der Waals surface area contributed by atoms with E-state index in [1.807, 2.05) is 12.1 Å². The Kier molecular flexibility index (Phi) is 2.36. The number of carbonyl (C=O) groups excluding carboxylic acids is 1. The largest absolute Gasteiger partial charge is 0.300 e. The van der Waals surface area contributed by atoms with Gasteiger partial charge in [0.1, 0.15) is 11.6 Å². The van der Waals surface area contributed by atoms with Crippen LogP contribution >= 0.6 is 0 Å². The van der Waals surface area contributed by atoms with Crippen LogP contribution in [0, 0.1) is 5.82 Å². The zero-order valence-corrected chi connectivity index (χ0v) is 8.22. The molecule has 14 heavy (non-hydrogen) atoms. The molecule has 1 nitrogen and oxygen atoms in total. The maximum absolute atomic E-state index is 13.5. The predicted octanol–water partition coefficient (Wildman–Crippen LogP) is 2.83. The van der Waals surface area contributed by atoms with Crippen molar-refractivity contribution < 1.29 is 9.18 Å². The van der Waals surface area contributed by atoms with Crippen LogP contribution in [0.2, 0.25) is 0 Å². The Morgan fingerprint density at radius 1 is 1.50 bits per heavy atom. The number of ketones is 1. The van der Waals surface area contributed by atoms with Crippen LogP contribution in [0.15, 0.2) is 18.2 Å². The van der Waals surface area contributed by atoms with E-state index in [1.165, 1.54) is 13.0 Å². The molecule has 0 radical (unpaired) electrons. The SMILES string of the molecule is CC(=O)Cc1ccc(C2CC2)c(F)c1. The van der Waals surface area contributed by atoms with E-state index >= 15 is 0 Å². The van der Waals surface area contributed by atoms with Crippen molar-refractivity contribution in [1.29, 1.82) is 0 Å². The number of rotatable bonds is 3. The van der Waals surface area contributed by atoms with Crippen LogP contribution in [-0.2, 0) is 11.2 Å². The second-order valence-corrected chi connectivity index (χ2v) is 4.01. The molecule has 1 aromatic carbocycles. The average Bonchev–Trinajstić information content (AvgIpc) is 2.86. The summed E-state index contributed by atoms with van der Waals surface area (Å²) in [6.45, 7) is 1.52. The lowest BCUT2D eigenvalue weighted by molar-refractivity contribution is -0.116. The Morgan fingerprint density at radius 2 is 2.21 bits per heavy atom. The Labute approximate surface area is 82.9 Å². The third kappa shape index (κ3) is 2.00. The number of hydrogen-bond acceptors (Lipinski definition) is 1. The smallest absolute Gasteiger partial charge is 0.134 e. The van der Waals surface area contributed by atoms with Gasteiger partial charge in [0.25, 0.3) is 0 Å². The van der Waals surface area contributed by atoms with Crippen LogP contribution in [0.4, 0.5) is 4.39 Å². The molecule has 1 aliphatic carbocycles. The highest BCUT2D eigenvalue weighted by Gasteiger charge is 2.26. The molecule has 0 atom stereocenters. The second kappa shape index (κ2) is 3.52. The first-order valence-electron chi connectivity index (χ1n) is 4.94. The summed E-state index contributed by atoms with van der Waals surface area (Å²) in [4.78, 5) is 10.8. The van der Waals surface area contributed by atoms with Crippen molar-refractivity contribution in [3.8, 4) is 0 Å². The van der Waals surface area contributed by atoms with Gasteiger partial charge >= 0.3 is 0 Å². The van der Waals surface area contributed by atoms with Crippen LogP contribution < -0.4 is 0 Å². The molecule has 1 aromatic rings. The fraction of sp³-hybridized carbons (Fsp3) is 0.417. The molecule has 0 bridgehead atoms. The molecule has 0 spiro atoms. The van der Waals surface area contributed by atoms with E-state index in [9.17, 15) is 9.18 Å². The highest BCUT2D eigenvalue weighted by molar-refractivity contribution is 5.78. The molecule has 1 fully saturated rings. The third-order valence-electron chi connectivity index (χ3n) is 2.54. The molecular weight excluding hydrogens is 179 g/mol. The van der Waals surface area contributed by atoms with Crippen molar-refractivity contribution in [2.24, 2.45) is 0 Å². The van der Waals surface area contributed by atoms with E-state index in [0.29, 0.717) is 12.3 Å². The Balaban J connectivity index is 2.21. The van der Waals surface area contributed by atoms with Gasteiger partial charge in [0.15, 0.2) is 0 Å². The van der Waals surface area contributed by atoms with Gasteiger partial charge in [-0.15, -0.1) is 0 Å². The van der Waals surface area contributed by atoms with Crippen molar-refractivity contribution in [1.82, 2.24) is 0 Å². The summed E-state index contributed by atoms with van der Waals surface area (Å²) >= 11 is 0. The average molecular weight is 192 g/mol. The molecule has 2 rings (SSSR count). The lowest BCUT2D eigenvalue weighted by Crippen LogP contribution is -1.98. The van der Waals surface area contributed by atoms with Crippen LogP contribution in [0.5, 0.6) is 0 Å². The summed E-state index contributed by atoms with van der Waals surface area (Å²) in [7, 11) is 0. The number of hydrogen-bond donors (Lipinski definition) is 0. The number of Topliss-reactive ketones (excluding diaryl/α,β-unsaturated/α-hetero) is 1. The molecular formula is C12H13FO.